The van der Waals surface area contributed by atoms with Crippen molar-refractivity contribution in [3.63, 3.8) is 0 Å². The Morgan fingerprint density at radius 3 is 2.65 bits per heavy atom. The minimum Gasteiger partial charge on any atom is -0.494 e. The fraction of sp³-hybridized carbons (Fsp3) is 0.571. The van der Waals surface area contributed by atoms with Gasteiger partial charge in [0.15, 0.2) is 0 Å². The summed E-state index contributed by atoms with van der Waals surface area (Å²) in [6.07, 6.45) is 4.30. The number of halogens is 1. The summed E-state index contributed by atoms with van der Waals surface area (Å²) < 4.78 is 19.2. The van der Waals surface area contributed by atoms with Gasteiger partial charge in [-0.25, -0.2) is 4.39 Å². The molecular weight excluding hydrogens is 219 g/mol. The summed E-state index contributed by atoms with van der Waals surface area (Å²) in [5.41, 5.74) is -0.613. The average molecular weight is 238 g/mol. The van der Waals surface area contributed by atoms with E-state index in [1.54, 1.807) is 12.1 Å². The van der Waals surface area contributed by atoms with Crippen molar-refractivity contribution >= 4 is 0 Å². The van der Waals surface area contributed by atoms with Crippen molar-refractivity contribution < 1.29 is 14.2 Å². The molecule has 2 rings (SSSR count). The highest BCUT2D eigenvalue weighted by molar-refractivity contribution is 5.34. The Bertz CT molecular complexity index is 384. The van der Waals surface area contributed by atoms with Crippen LogP contribution in [0.4, 0.5) is 4.39 Å². The van der Waals surface area contributed by atoms with E-state index in [-0.39, 0.29) is 5.82 Å². The molecule has 3 heteroatoms. The molecule has 1 N–H and O–H groups in total. The molecule has 1 aliphatic rings. The van der Waals surface area contributed by atoms with Gasteiger partial charge in [0.25, 0.3) is 0 Å². The monoisotopic (exact) mass is 238 g/mol. The minimum absolute atomic E-state index is 0.335. The third kappa shape index (κ3) is 2.60. The van der Waals surface area contributed by atoms with Gasteiger partial charge in [-0.1, -0.05) is 19.3 Å². The van der Waals surface area contributed by atoms with Crippen LogP contribution in [-0.4, -0.2) is 11.7 Å². The van der Waals surface area contributed by atoms with Crippen molar-refractivity contribution in [3.8, 4) is 5.75 Å². The van der Waals surface area contributed by atoms with Crippen LogP contribution in [0.5, 0.6) is 5.75 Å². The quantitative estimate of drug-likeness (QED) is 0.874. The standard InChI is InChI=1S/C14H19FO2/c1-2-17-11-6-7-13(15)12(10-11)14(16)8-4-3-5-9-14/h6-7,10,16H,2-5,8-9H2,1H3. The Labute approximate surface area is 101 Å². The molecule has 94 valence electrons. The summed E-state index contributed by atoms with van der Waals surface area (Å²) in [7, 11) is 0. The first kappa shape index (κ1) is 12.4. The summed E-state index contributed by atoms with van der Waals surface area (Å²) in [4.78, 5) is 0. The molecule has 1 fully saturated rings. The maximum Gasteiger partial charge on any atom is 0.129 e. The van der Waals surface area contributed by atoms with Crippen LogP contribution in [0.1, 0.15) is 44.6 Å². The number of hydrogen-bond donors (Lipinski definition) is 1. The van der Waals surface area contributed by atoms with Gasteiger partial charge in [0.1, 0.15) is 11.6 Å². The van der Waals surface area contributed by atoms with Crippen molar-refractivity contribution in [3.05, 3.63) is 29.6 Å². The van der Waals surface area contributed by atoms with Gasteiger partial charge in [0.2, 0.25) is 0 Å². The topological polar surface area (TPSA) is 29.5 Å². The van der Waals surface area contributed by atoms with E-state index < -0.39 is 5.60 Å². The Kier molecular flexibility index (Phi) is 3.67. The van der Waals surface area contributed by atoms with Gasteiger partial charge in [-0.05, 0) is 38.0 Å². The molecule has 17 heavy (non-hydrogen) atoms. The zero-order valence-electron chi connectivity index (χ0n) is 10.2. The lowest BCUT2D eigenvalue weighted by Crippen LogP contribution is -2.29. The highest BCUT2D eigenvalue weighted by atomic mass is 19.1. The largest absolute Gasteiger partial charge is 0.494 e. The van der Waals surface area contributed by atoms with Crippen LogP contribution in [0.15, 0.2) is 18.2 Å². The van der Waals surface area contributed by atoms with Gasteiger partial charge >= 0.3 is 0 Å². The molecule has 0 aromatic heterocycles. The van der Waals surface area contributed by atoms with E-state index in [4.69, 9.17) is 4.74 Å². The molecule has 0 saturated heterocycles. The summed E-state index contributed by atoms with van der Waals surface area (Å²) >= 11 is 0. The zero-order valence-corrected chi connectivity index (χ0v) is 10.2. The molecule has 1 saturated carbocycles. The first-order valence-electron chi connectivity index (χ1n) is 6.31. The number of ether oxygens (including phenoxy) is 1. The van der Waals surface area contributed by atoms with Gasteiger partial charge in [-0.15, -0.1) is 0 Å². The zero-order chi connectivity index (χ0) is 12.3. The predicted octanol–water partition coefficient (Wildman–Crippen LogP) is 3.38. The minimum atomic E-state index is -1.00. The van der Waals surface area contributed by atoms with Crippen molar-refractivity contribution in [2.45, 2.75) is 44.6 Å². The van der Waals surface area contributed by atoms with Gasteiger partial charge in [0, 0.05) is 5.56 Å². The second kappa shape index (κ2) is 5.05. The molecule has 1 aromatic carbocycles. The van der Waals surface area contributed by atoms with E-state index >= 15 is 0 Å². The normalized spacial score (nSPS) is 19.0. The molecular formula is C14H19FO2. The van der Waals surface area contributed by atoms with E-state index in [9.17, 15) is 9.50 Å². The van der Waals surface area contributed by atoms with Crippen molar-refractivity contribution in [2.24, 2.45) is 0 Å². The van der Waals surface area contributed by atoms with Crippen LogP contribution >= 0.6 is 0 Å². The fourth-order valence-electron chi connectivity index (χ4n) is 2.52. The third-order valence-electron chi connectivity index (χ3n) is 3.43. The SMILES string of the molecule is CCOc1ccc(F)c(C2(O)CCCCC2)c1. The van der Waals surface area contributed by atoms with Gasteiger partial charge in [-0.2, -0.15) is 0 Å². The molecule has 0 bridgehead atoms. The number of hydrogen-bond acceptors (Lipinski definition) is 2. The van der Waals surface area contributed by atoms with Gasteiger partial charge in [-0.3, -0.25) is 0 Å². The third-order valence-corrected chi connectivity index (χ3v) is 3.43. The Morgan fingerprint density at radius 2 is 2.00 bits per heavy atom. The second-order valence-electron chi connectivity index (χ2n) is 4.67. The molecule has 0 spiro atoms. The van der Waals surface area contributed by atoms with Gasteiger partial charge < -0.3 is 9.84 Å². The van der Waals surface area contributed by atoms with Gasteiger partial charge in [0.05, 0.1) is 12.2 Å². The molecule has 0 aliphatic heterocycles. The molecule has 1 aromatic rings. The van der Waals surface area contributed by atoms with E-state index in [0.29, 0.717) is 30.8 Å². The Balaban J connectivity index is 2.31. The van der Waals surface area contributed by atoms with E-state index in [2.05, 4.69) is 0 Å². The molecule has 0 atom stereocenters. The van der Waals surface area contributed by atoms with Crippen LogP contribution in [0, 0.1) is 5.82 Å². The molecule has 0 amide bonds. The van der Waals surface area contributed by atoms with E-state index in [0.717, 1.165) is 19.3 Å². The summed E-state index contributed by atoms with van der Waals surface area (Å²) in [5, 5.41) is 10.5. The Hall–Kier alpha value is -1.09. The highest BCUT2D eigenvalue weighted by Crippen LogP contribution is 2.39. The lowest BCUT2D eigenvalue weighted by molar-refractivity contribution is -0.00395. The van der Waals surface area contributed by atoms with Crippen molar-refractivity contribution in [1.82, 2.24) is 0 Å². The first-order valence-corrected chi connectivity index (χ1v) is 6.31. The highest BCUT2D eigenvalue weighted by Gasteiger charge is 2.33. The molecule has 1 aliphatic carbocycles. The number of benzene rings is 1. The molecule has 0 unspecified atom stereocenters. The smallest absolute Gasteiger partial charge is 0.129 e. The maximum absolute atomic E-state index is 13.8. The fourth-order valence-corrected chi connectivity index (χ4v) is 2.52. The lowest BCUT2D eigenvalue weighted by atomic mass is 9.79. The van der Waals surface area contributed by atoms with Crippen LogP contribution in [0.25, 0.3) is 0 Å². The summed E-state index contributed by atoms with van der Waals surface area (Å²) in [5.74, 6) is 0.292. The first-order chi connectivity index (χ1) is 8.15. The van der Waals surface area contributed by atoms with E-state index in [1.165, 1.54) is 6.07 Å². The predicted molar refractivity (Wildman–Crippen MR) is 64.6 cm³/mol. The van der Waals surface area contributed by atoms with Crippen LogP contribution in [0.3, 0.4) is 0 Å². The van der Waals surface area contributed by atoms with Crippen LogP contribution in [-0.2, 0) is 5.60 Å². The number of aliphatic hydroxyl groups is 1. The summed E-state index contributed by atoms with van der Waals surface area (Å²) in [6.45, 7) is 2.43. The second-order valence-corrected chi connectivity index (χ2v) is 4.67. The lowest BCUT2D eigenvalue weighted by Gasteiger charge is -2.33. The molecule has 0 radical (unpaired) electrons. The molecule has 0 heterocycles. The van der Waals surface area contributed by atoms with Crippen molar-refractivity contribution in [2.75, 3.05) is 6.61 Å². The van der Waals surface area contributed by atoms with Crippen LogP contribution in [0.2, 0.25) is 0 Å². The Morgan fingerprint density at radius 1 is 1.29 bits per heavy atom. The van der Waals surface area contributed by atoms with Crippen molar-refractivity contribution in [1.29, 1.82) is 0 Å². The summed E-state index contributed by atoms with van der Waals surface area (Å²) in [6, 6.07) is 4.63. The van der Waals surface area contributed by atoms with E-state index in [1.807, 2.05) is 6.92 Å². The average Bonchev–Trinajstić information content (AvgIpc) is 2.33. The maximum atomic E-state index is 13.8. The molecule has 2 nitrogen and oxygen atoms in total. The number of rotatable bonds is 3. The van der Waals surface area contributed by atoms with Crippen LogP contribution < -0.4 is 4.74 Å².